The SMILES string of the molecule is O=C(F)OS(=O)(=O)F. The Morgan fingerprint density at radius 2 is 1.88 bits per heavy atom. The normalized spacial score (nSPS) is 10.8. The van der Waals surface area contributed by atoms with Crippen molar-refractivity contribution >= 4 is 16.7 Å². The van der Waals surface area contributed by atoms with E-state index in [-0.39, 0.29) is 0 Å². The van der Waals surface area contributed by atoms with Crippen molar-refractivity contribution in [2.45, 2.75) is 0 Å². The van der Waals surface area contributed by atoms with Crippen LogP contribution in [0.15, 0.2) is 0 Å². The highest BCUT2D eigenvalue weighted by Gasteiger charge is 2.13. The summed E-state index contributed by atoms with van der Waals surface area (Å²) in [6.45, 7) is 0. The van der Waals surface area contributed by atoms with Gasteiger partial charge in [-0.2, -0.15) is 8.42 Å². The molecule has 0 aromatic heterocycles. The first-order valence-electron chi connectivity index (χ1n) is 1.25. The Bertz CT molecular complexity index is 180. The maximum absolute atomic E-state index is 10.9. The van der Waals surface area contributed by atoms with Crippen LogP contribution in [0.1, 0.15) is 0 Å². The van der Waals surface area contributed by atoms with E-state index in [0.717, 1.165) is 0 Å². The van der Waals surface area contributed by atoms with Gasteiger partial charge in [0.25, 0.3) is 0 Å². The van der Waals surface area contributed by atoms with E-state index in [1.54, 1.807) is 0 Å². The molecular weight excluding hydrogens is 146 g/mol. The maximum atomic E-state index is 10.9. The average molecular weight is 146 g/mol. The van der Waals surface area contributed by atoms with E-state index in [1.807, 2.05) is 0 Å². The van der Waals surface area contributed by atoms with Crippen molar-refractivity contribution < 1.29 is 25.7 Å². The smallest absolute Gasteiger partial charge is 0.293 e. The van der Waals surface area contributed by atoms with Gasteiger partial charge in [0.05, 0.1) is 0 Å². The molecular formula is CF2O4S. The Balaban J connectivity index is 3.95. The lowest BCUT2D eigenvalue weighted by Gasteiger charge is -1.83. The van der Waals surface area contributed by atoms with Crippen LogP contribution in [-0.4, -0.2) is 14.6 Å². The van der Waals surface area contributed by atoms with Crippen LogP contribution in [0.25, 0.3) is 0 Å². The molecule has 0 amide bonds. The second-order valence-electron chi connectivity index (χ2n) is 0.714. The molecule has 0 aromatic rings. The van der Waals surface area contributed by atoms with Crippen molar-refractivity contribution in [2.75, 3.05) is 0 Å². The third-order valence-corrected chi connectivity index (χ3v) is 0.495. The first-order valence-corrected chi connectivity index (χ1v) is 2.56. The highest BCUT2D eigenvalue weighted by atomic mass is 32.3. The molecule has 4 nitrogen and oxygen atoms in total. The number of hydrogen-bond acceptors (Lipinski definition) is 4. The zero-order chi connectivity index (χ0) is 6.78. The molecule has 0 N–H and O–H groups in total. The highest BCUT2D eigenvalue weighted by molar-refractivity contribution is 7.81. The van der Waals surface area contributed by atoms with Crippen molar-refractivity contribution in [2.24, 2.45) is 0 Å². The summed E-state index contributed by atoms with van der Waals surface area (Å²) in [7, 11) is -5.45. The lowest BCUT2D eigenvalue weighted by atomic mass is 11.5. The minimum Gasteiger partial charge on any atom is -0.293 e. The predicted molar refractivity (Wildman–Crippen MR) is 17.6 cm³/mol. The molecule has 0 unspecified atom stereocenters. The fourth-order valence-corrected chi connectivity index (χ4v) is 0.235. The molecule has 0 heterocycles. The summed E-state index contributed by atoms with van der Waals surface area (Å²) in [5, 5.41) is 0. The average Bonchev–Trinajstić information content (AvgIpc) is 1.21. The molecule has 0 saturated carbocycles. The van der Waals surface area contributed by atoms with E-state index >= 15 is 0 Å². The van der Waals surface area contributed by atoms with Gasteiger partial charge in [0.2, 0.25) is 0 Å². The number of rotatable bonds is 1. The van der Waals surface area contributed by atoms with Gasteiger partial charge < -0.3 is 0 Å². The fraction of sp³-hybridized carbons (Fsp3) is 0. The Morgan fingerprint density at radius 3 is 1.88 bits per heavy atom. The van der Waals surface area contributed by atoms with Crippen LogP contribution in [0.2, 0.25) is 0 Å². The fourth-order valence-electron chi connectivity index (χ4n) is 0.0783. The molecule has 7 heteroatoms. The van der Waals surface area contributed by atoms with E-state index < -0.39 is 16.7 Å². The Labute approximate surface area is 43.5 Å². The molecule has 0 saturated heterocycles. The number of halogens is 2. The molecule has 0 fully saturated rings. The van der Waals surface area contributed by atoms with Crippen molar-refractivity contribution in [3.8, 4) is 0 Å². The topological polar surface area (TPSA) is 60.4 Å². The van der Waals surface area contributed by atoms with Crippen LogP contribution in [0.5, 0.6) is 0 Å². The van der Waals surface area contributed by atoms with Crippen LogP contribution in [-0.2, 0) is 14.7 Å². The lowest BCUT2D eigenvalue weighted by molar-refractivity contribution is 0.175. The molecule has 48 valence electrons. The van der Waals surface area contributed by atoms with E-state index in [1.165, 1.54) is 0 Å². The van der Waals surface area contributed by atoms with Crippen LogP contribution < -0.4 is 0 Å². The van der Waals surface area contributed by atoms with Crippen LogP contribution in [0.4, 0.5) is 13.1 Å². The first-order chi connectivity index (χ1) is 3.42. The summed E-state index contributed by atoms with van der Waals surface area (Å²) in [5.41, 5.74) is 0. The minimum absolute atomic E-state index is 2.44. The molecule has 0 aliphatic heterocycles. The zero-order valence-electron chi connectivity index (χ0n) is 3.30. The van der Waals surface area contributed by atoms with Gasteiger partial charge in [0, 0.05) is 0 Å². The maximum Gasteiger partial charge on any atom is 0.513 e. The summed E-state index contributed by atoms with van der Waals surface area (Å²) in [6, 6.07) is 0. The summed E-state index contributed by atoms with van der Waals surface area (Å²) in [4.78, 5) is 8.95. The summed E-state index contributed by atoms with van der Waals surface area (Å²) in [6.07, 6.45) is -2.69. The van der Waals surface area contributed by atoms with E-state index in [9.17, 15) is 8.28 Å². The second-order valence-corrected chi connectivity index (χ2v) is 1.67. The van der Waals surface area contributed by atoms with Gasteiger partial charge in [0.15, 0.2) is 0 Å². The molecule has 0 bridgehead atoms. The number of hydrogen-bond donors (Lipinski definition) is 0. The first kappa shape index (κ1) is 7.28. The highest BCUT2D eigenvalue weighted by Crippen LogP contribution is 1.94. The lowest BCUT2D eigenvalue weighted by Crippen LogP contribution is -2.00. The molecule has 0 aromatic carbocycles. The quantitative estimate of drug-likeness (QED) is 0.499. The van der Waals surface area contributed by atoms with Gasteiger partial charge in [-0.25, -0.2) is 4.79 Å². The zero-order valence-corrected chi connectivity index (χ0v) is 4.11. The predicted octanol–water partition coefficient (Wildman–Crippen LogP) is 0.307. The van der Waals surface area contributed by atoms with Gasteiger partial charge in [-0.15, -0.1) is 4.39 Å². The van der Waals surface area contributed by atoms with E-state index in [2.05, 4.69) is 4.18 Å². The van der Waals surface area contributed by atoms with Crippen molar-refractivity contribution in [3.63, 3.8) is 0 Å². The van der Waals surface area contributed by atoms with Crippen LogP contribution in [0, 0.1) is 0 Å². The van der Waals surface area contributed by atoms with Crippen molar-refractivity contribution in [1.82, 2.24) is 0 Å². The van der Waals surface area contributed by atoms with E-state index in [4.69, 9.17) is 13.2 Å². The standard InChI is InChI=1S/CF2O4S/c2-1(4)7-8(3,5)6. The molecule has 0 radical (unpaired) electrons. The third-order valence-electron chi connectivity index (χ3n) is 0.165. The molecule has 0 atom stereocenters. The summed E-state index contributed by atoms with van der Waals surface area (Å²) >= 11 is 0. The molecule has 0 rings (SSSR count). The summed E-state index contributed by atoms with van der Waals surface area (Å²) < 4.78 is 42.3. The second kappa shape index (κ2) is 2.03. The third kappa shape index (κ3) is 5.28. The largest absolute Gasteiger partial charge is 0.513 e. The van der Waals surface area contributed by atoms with Gasteiger partial charge >= 0.3 is 16.7 Å². The van der Waals surface area contributed by atoms with Gasteiger partial charge in [0.1, 0.15) is 0 Å². The molecule has 0 spiro atoms. The Morgan fingerprint density at radius 1 is 1.50 bits per heavy atom. The Hall–Kier alpha value is -0.720. The van der Waals surface area contributed by atoms with Gasteiger partial charge in [-0.05, 0) is 0 Å². The number of carbonyl (C=O) groups is 1. The van der Waals surface area contributed by atoms with Gasteiger partial charge in [-0.3, -0.25) is 4.18 Å². The van der Waals surface area contributed by atoms with E-state index in [0.29, 0.717) is 0 Å². The van der Waals surface area contributed by atoms with Crippen molar-refractivity contribution in [1.29, 1.82) is 0 Å². The molecule has 0 aliphatic rings. The number of carbonyl (C=O) groups excluding carboxylic acids is 1. The van der Waals surface area contributed by atoms with Crippen LogP contribution in [0.3, 0.4) is 0 Å². The minimum atomic E-state index is -5.45. The van der Waals surface area contributed by atoms with Crippen LogP contribution >= 0.6 is 0 Å². The van der Waals surface area contributed by atoms with Gasteiger partial charge in [-0.1, -0.05) is 3.89 Å². The Kier molecular flexibility index (Phi) is 1.85. The van der Waals surface area contributed by atoms with Crippen molar-refractivity contribution in [3.05, 3.63) is 0 Å². The molecule has 0 aliphatic carbocycles. The molecule has 8 heavy (non-hydrogen) atoms. The monoisotopic (exact) mass is 146 g/mol. The summed E-state index contributed by atoms with van der Waals surface area (Å²) in [5.74, 6) is 0.